The summed E-state index contributed by atoms with van der Waals surface area (Å²) in [5.74, 6) is 1.05. The number of hydrogen-bond donors (Lipinski definition) is 0. The third kappa shape index (κ3) is 3.97. The van der Waals surface area contributed by atoms with Gasteiger partial charge in [0.25, 0.3) is 0 Å². The van der Waals surface area contributed by atoms with Crippen LogP contribution < -0.4 is 0 Å². The van der Waals surface area contributed by atoms with Crippen molar-refractivity contribution < 1.29 is 4.79 Å². The monoisotopic (exact) mass is 236 g/mol. The first-order chi connectivity index (χ1) is 8.24. The van der Waals surface area contributed by atoms with Gasteiger partial charge in [0.15, 0.2) is 5.78 Å². The zero-order chi connectivity index (χ0) is 12.7. The molecule has 0 spiro atoms. The summed E-state index contributed by atoms with van der Waals surface area (Å²) in [7, 11) is 0. The molecule has 0 aromatic carbocycles. The molecule has 0 amide bonds. The predicted molar refractivity (Wildman–Crippen MR) is 74.1 cm³/mol. The maximum atomic E-state index is 12.1. The van der Waals surface area contributed by atoms with Crippen LogP contribution in [0, 0.1) is 5.92 Å². The van der Waals surface area contributed by atoms with Gasteiger partial charge in [-0.05, 0) is 37.2 Å². The number of Topliss-reactive ketones (excluding diaryl/α,β-unsaturated/α-hetero) is 1. The van der Waals surface area contributed by atoms with Crippen molar-refractivity contribution in [3.05, 3.63) is 11.1 Å². The fourth-order valence-corrected chi connectivity index (χ4v) is 2.89. The lowest BCUT2D eigenvalue weighted by atomic mass is 9.90. The van der Waals surface area contributed by atoms with Gasteiger partial charge < -0.3 is 0 Å². The SMILES string of the molecule is CCCCC1=C(CCC)C(=O)CC1CCCC. The van der Waals surface area contributed by atoms with Crippen molar-refractivity contribution in [2.75, 3.05) is 0 Å². The van der Waals surface area contributed by atoms with E-state index in [1.165, 1.54) is 49.7 Å². The van der Waals surface area contributed by atoms with E-state index in [4.69, 9.17) is 0 Å². The van der Waals surface area contributed by atoms with E-state index in [1.54, 1.807) is 0 Å². The molecule has 0 fully saturated rings. The fourth-order valence-electron chi connectivity index (χ4n) is 2.89. The third-order valence-corrected chi connectivity index (χ3v) is 3.85. The van der Waals surface area contributed by atoms with E-state index in [1.807, 2.05) is 0 Å². The normalized spacial score (nSPS) is 20.4. The van der Waals surface area contributed by atoms with Crippen LogP contribution in [0.25, 0.3) is 0 Å². The van der Waals surface area contributed by atoms with Crippen molar-refractivity contribution >= 4 is 5.78 Å². The molecule has 0 radical (unpaired) electrons. The number of hydrogen-bond acceptors (Lipinski definition) is 1. The van der Waals surface area contributed by atoms with Gasteiger partial charge in [0, 0.05) is 6.42 Å². The summed E-state index contributed by atoms with van der Waals surface area (Å²) >= 11 is 0. The first-order valence-corrected chi connectivity index (χ1v) is 7.49. The van der Waals surface area contributed by atoms with Crippen LogP contribution in [0.5, 0.6) is 0 Å². The summed E-state index contributed by atoms with van der Waals surface area (Å²) in [6, 6.07) is 0. The minimum atomic E-state index is 0.457. The minimum absolute atomic E-state index is 0.457. The quantitative estimate of drug-likeness (QED) is 0.576. The number of carbonyl (C=O) groups excluding carboxylic acids is 1. The van der Waals surface area contributed by atoms with Crippen LogP contribution >= 0.6 is 0 Å². The molecule has 1 atom stereocenters. The maximum absolute atomic E-state index is 12.1. The Bertz CT molecular complexity index is 275. The highest BCUT2D eigenvalue weighted by Gasteiger charge is 2.30. The third-order valence-electron chi connectivity index (χ3n) is 3.85. The smallest absolute Gasteiger partial charge is 0.159 e. The Kier molecular flexibility index (Phi) is 6.54. The van der Waals surface area contributed by atoms with Crippen molar-refractivity contribution in [1.82, 2.24) is 0 Å². The van der Waals surface area contributed by atoms with Gasteiger partial charge in [-0.3, -0.25) is 4.79 Å². The first kappa shape index (κ1) is 14.5. The van der Waals surface area contributed by atoms with E-state index in [0.717, 1.165) is 19.3 Å². The molecule has 1 nitrogen and oxygen atoms in total. The summed E-state index contributed by atoms with van der Waals surface area (Å²) in [4.78, 5) is 12.1. The summed E-state index contributed by atoms with van der Waals surface area (Å²) in [5.41, 5.74) is 2.74. The number of unbranched alkanes of at least 4 members (excludes halogenated alkanes) is 2. The number of ketones is 1. The average molecular weight is 236 g/mol. The van der Waals surface area contributed by atoms with Crippen LogP contribution in [-0.2, 0) is 4.79 Å². The Hall–Kier alpha value is -0.590. The molecule has 1 rings (SSSR count). The van der Waals surface area contributed by atoms with Crippen molar-refractivity contribution in [2.45, 2.75) is 78.6 Å². The van der Waals surface area contributed by atoms with Crippen LogP contribution in [0.2, 0.25) is 0 Å². The second-order valence-corrected chi connectivity index (χ2v) is 5.32. The van der Waals surface area contributed by atoms with Crippen molar-refractivity contribution in [3.63, 3.8) is 0 Å². The number of rotatable bonds is 8. The van der Waals surface area contributed by atoms with Crippen LogP contribution in [0.4, 0.5) is 0 Å². The average Bonchev–Trinajstić information content (AvgIpc) is 2.61. The van der Waals surface area contributed by atoms with Gasteiger partial charge in [0.2, 0.25) is 0 Å². The molecule has 0 saturated carbocycles. The van der Waals surface area contributed by atoms with Gasteiger partial charge in [-0.2, -0.15) is 0 Å². The lowest BCUT2D eigenvalue weighted by Gasteiger charge is -2.14. The number of carbonyl (C=O) groups is 1. The van der Waals surface area contributed by atoms with Crippen LogP contribution in [0.1, 0.15) is 78.6 Å². The second-order valence-electron chi connectivity index (χ2n) is 5.32. The Morgan fingerprint density at radius 2 is 1.71 bits per heavy atom. The zero-order valence-electron chi connectivity index (χ0n) is 11.8. The fraction of sp³-hybridized carbons (Fsp3) is 0.812. The Morgan fingerprint density at radius 1 is 1.00 bits per heavy atom. The number of allylic oxidation sites excluding steroid dienone is 2. The van der Waals surface area contributed by atoms with Gasteiger partial charge in [-0.15, -0.1) is 0 Å². The van der Waals surface area contributed by atoms with Crippen molar-refractivity contribution in [2.24, 2.45) is 5.92 Å². The molecule has 1 heteroatoms. The van der Waals surface area contributed by atoms with Crippen molar-refractivity contribution in [3.8, 4) is 0 Å². The second kappa shape index (κ2) is 7.68. The highest BCUT2D eigenvalue weighted by atomic mass is 16.1. The highest BCUT2D eigenvalue weighted by molar-refractivity contribution is 5.99. The molecule has 0 N–H and O–H groups in total. The zero-order valence-corrected chi connectivity index (χ0v) is 11.8. The molecule has 0 saturated heterocycles. The Labute approximate surface area is 107 Å². The molecule has 0 aromatic rings. The van der Waals surface area contributed by atoms with Crippen LogP contribution in [0.15, 0.2) is 11.1 Å². The molecule has 1 aliphatic carbocycles. The predicted octanol–water partition coefficient (Wildman–Crippen LogP) is 5.05. The van der Waals surface area contributed by atoms with E-state index in [0.29, 0.717) is 11.7 Å². The first-order valence-electron chi connectivity index (χ1n) is 7.49. The molecule has 0 aromatic heterocycles. The lowest BCUT2D eigenvalue weighted by molar-refractivity contribution is -0.115. The summed E-state index contributed by atoms with van der Waals surface area (Å²) in [6.07, 6.45) is 10.3. The molecular formula is C16H28O. The van der Waals surface area contributed by atoms with E-state index in [-0.39, 0.29) is 0 Å². The van der Waals surface area contributed by atoms with Gasteiger partial charge in [0.05, 0.1) is 0 Å². The van der Waals surface area contributed by atoms with Gasteiger partial charge in [0.1, 0.15) is 0 Å². The van der Waals surface area contributed by atoms with E-state index in [9.17, 15) is 4.79 Å². The molecule has 1 unspecified atom stereocenters. The summed E-state index contributed by atoms with van der Waals surface area (Å²) < 4.78 is 0. The molecule has 98 valence electrons. The van der Waals surface area contributed by atoms with Crippen LogP contribution in [0.3, 0.4) is 0 Å². The van der Waals surface area contributed by atoms with Crippen LogP contribution in [-0.4, -0.2) is 5.78 Å². The Balaban J connectivity index is 2.74. The van der Waals surface area contributed by atoms with Gasteiger partial charge in [-0.25, -0.2) is 0 Å². The summed E-state index contributed by atoms with van der Waals surface area (Å²) in [6.45, 7) is 6.65. The molecule has 1 aliphatic rings. The standard InChI is InChI=1S/C16H28O/c1-4-7-10-13-12-16(17)15(9-6-3)14(13)11-8-5-2/h13H,4-12H2,1-3H3. The molecular weight excluding hydrogens is 208 g/mol. The van der Waals surface area contributed by atoms with E-state index in [2.05, 4.69) is 20.8 Å². The topological polar surface area (TPSA) is 17.1 Å². The van der Waals surface area contributed by atoms with Gasteiger partial charge >= 0.3 is 0 Å². The molecule has 0 bridgehead atoms. The molecule has 0 aliphatic heterocycles. The summed E-state index contributed by atoms with van der Waals surface area (Å²) in [5, 5.41) is 0. The van der Waals surface area contributed by atoms with E-state index < -0.39 is 0 Å². The highest BCUT2D eigenvalue weighted by Crippen LogP contribution is 2.37. The Morgan fingerprint density at radius 3 is 2.29 bits per heavy atom. The molecule has 17 heavy (non-hydrogen) atoms. The van der Waals surface area contributed by atoms with Gasteiger partial charge in [-0.1, -0.05) is 52.0 Å². The maximum Gasteiger partial charge on any atom is 0.159 e. The van der Waals surface area contributed by atoms with E-state index >= 15 is 0 Å². The largest absolute Gasteiger partial charge is 0.295 e. The van der Waals surface area contributed by atoms with Crippen molar-refractivity contribution in [1.29, 1.82) is 0 Å². The molecule has 0 heterocycles. The minimum Gasteiger partial charge on any atom is -0.295 e. The lowest BCUT2D eigenvalue weighted by Crippen LogP contribution is -2.01.